The molecular formula is C19H11F8N3O3S. The number of anilines is 1. The highest BCUT2D eigenvalue weighted by Gasteiger charge is 2.41. The molecule has 0 aliphatic rings. The summed E-state index contributed by atoms with van der Waals surface area (Å²) < 4.78 is 115. The third-order valence-corrected chi connectivity index (χ3v) is 4.69. The number of hydrogen-bond donors (Lipinski definition) is 1. The molecule has 0 fully saturated rings. The zero-order valence-electron chi connectivity index (χ0n) is 16.6. The summed E-state index contributed by atoms with van der Waals surface area (Å²) in [7, 11) is 0. The second-order valence-electron chi connectivity index (χ2n) is 6.61. The first-order chi connectivity index (χ1) is 15.7. The fraction of sp³-hybridized carbons (Fsp3) is 0.211. The van der Waals surface area contributed by atoms with E-state index in [-0.39, 0.29) is 28.5 Å². The molecule has 2 aromatic heterocycles. The van der Waals surface area contributed by atoms with Crippen molar-refractivity contribution < 1.29 is 49.1 Å². The van der Waals surface area contributed by atoms with Gasteiger partial charge in [0, 0.05) is 23.5 Å². The molecule has 182 valence electrons. The number of nitrogens with one attached hydrogen (secondary N) is 1. The van der Waals surface area contributed by atoms with Crippen LogP contribution >= 0.6 is 11.5 Å². The van der Waals surface area contributed by atoms with E-state index in [0.717, 1.165) is 31.2 Å². The fourth-order valence-electron chi connectivity index (χ4n) is 2.60. The number of ether oxygens (including phenoxy) is 1. The van der Waals surface area contributed by atoms with Crippen LogP contribution in [0.1, 0.15) is 28.9 Å². The summed E-state index contributed by atoms with van der Waals surface area (Å²) in [5, 5.41) is 1.81. The summed E-state index contributed by atoms with van der Waals surface area (Å²) in [5.41, 5.74) is -1.53. The normalized spacial score (nSPS) is 11.9. The van der Waals surface area contributed by atoms with Crippen LogP contribution in [0.4, 0.5) is 40.3 Å². The fourth-order valence-corrected chi connectivity index (χ4v) is 3.19. The van der Waals surface area contributed by atoms with Gasteiger partial charge in [0.25, 0.3) is 12.0 Å². The van der Waals surface area contributed by atoms with Crippen LogP contribution in [0.2, 0.25) is 0 Å². The summed E-state index contributed by atoms with van der Waals surface area (Å²) in [6, 6.07) is 4.65. The molecule has 3 aromatic rings. The van der Waals surface area contributed by atoms with Crippen molar-refractivity contribution in [2.75, 3.05) is 5.32 Å². The van der Waals surface area contributed by atoms with Gasteiger partial charge in [-0.1, -0.05) is 12.1 Å². The minimum Gasteiger partial charge on any atom is -0.451 e. The Labute approximate surface area is 189 Å². The van der Waals surface area contributed by atoms with E-state index < -0.39 is 47.4 Å². The molecule has 15 heteroatoms. The summed E-state index contributed by atoms with van der Waals surface area (Å²) in [5.74, 6) is -4.36. The van der Waals surface area contributed by atoms with E-state index in [1.807, 2.05) is 0 Å². The lowest BCUT2D eigenvalue weighted by Gasteiger charge is -2.09. The molecule has 1 N–H and O–H groups in total. The van der Waals surface area contributed by atoms with Crippen LogP contribution in [0.15, 0.2) is 46.4 Å². The predicted octanol–water partition coefficient (Wildman–Crippen LogP) is 6.68. The van der Waals surface area contributed by atoms with Gasteiger partial charge in [0.2, 0.25) is 10.9 Å². The number of allylic oxidation sites excluding steroid dienone is 1. The minimum absolute atomic E-state index is 0.0870. The highest BCUT2D eigenvalue weighted by molar-refractivity contribution is 7.09. The number of amides is 1. The number of alkyl halides is 6. The van der Waals surface area contributed by atoms with Gasteiger partial charge in [-0.05, 0) is 30.7 Å². The van der Waals surface area contributed by atoms with Crippen molar-refractivity contribution in [3.63, 3.8) is 0 Å². The quantitative estimate of drug-likeness (QED) is 0.372. The van der Waals surface area contributed by atoms with Crippen LogP contribution in [0.3, 0.4) is 0 Å². The van der Waals surface area contributed by atoms with Crippen LogP contribution < -0.4 is 10.1 Å². The van der Waals surface area contributed by atoms with Crippen molar-refractivity contribution in [3.05, 3.63) is 59.1 Å². The first kappa shape index (κ1) is 25.1. The summed E-state index contributed by atoms with van der Waals surface area (Å²) in [6.07, 6.45) is -12.4. The summed E-state index contributed by atoms with van der Waals surface area (Å²) >= 11 is 0.555. The zero-order chi connectivity index (χ0) is 25.3. The minimum atomic E-state index is -5.13. The third kappa shape index (κ3) is 6.30. The molecule has 3 rings (SSSR count). The lowest BCUT2D eigenvalue weighted by molar-refractivity contribution is -0.274. The Bertz CT molecular complexity index is 1230. The molecule has 1 aromatic carbocycles. The Hall–Kier alpha value is -3.49. The number of rotatable bonds is 6. The van der Waals surface area contributed by atoms with Gasteiger partial charge in [-0.25, -0.2) is 4.98 Å². The van der Waals surface area contributed by atoms with Gasteiger partial charge in [-0.2, -0.15) is 26.3 Å². The zero-order valence-corrected chi connectivity index (χ0v) is 17.5. The van der Waals surface area contributed by atoms with Gasteiger partial charge in [-0.15, -0.1) is 13.2 Å². The van der Waals surface area contributed by atoms with Crippen molar-refractivity contribution >= 4 is 22.6 Å². The molecule has 0 aliphatic carbocycles. The molecule has 0 unspecified atom stereocenters. The highest BCUT2D eigenvalue weighted by atomic mass is 32.1. The molecule has 0 aliphatic heterocycles. The predicted molar refractivity (Wildman–Crippen MR) is 102 cm³/mol. The van der Waals surface area contributed by atoms with Gasteiger partial charge >= 0.3 is 12.5 Å². The number of benzene rings is 1. The second kappa shape index (κ2) is 9.40. The highest BCUT2D eigenvalue weighted by Crippen LogP contribution is 2.38. The Morgan fingerprint density at radius 3 is 2.47 bits per heavy atom. The maximum atomic E-state index is 13.5. The maximum absolute atomic E-state index is 13.5. The number of halogens is 8. The monoisotopic (exact) mass is 513 g/mol. The Balaban J connectivity index is 1.89. The average Bonchev–Trinajstić information content (AvgIpc) is 3.34. The van der Waals surface area contributed by atoms with Crippen LogP contribution in [0.5, 0.6) is 5.75 Å². The largest absolute Gasteiger partial charge is 0.573 e. The molecule has 0 spiro atoms. The number of carbonyl (C=O) groups excluding carboxylic acids is 1. The number of furan rings is 1. The van der Waals surface area contributed by atoms with Crippen molar-refractivity contribution in [3.8, 4) is 17.1 Å². The van der Waals surface area contributed by atoms with Gasteiger partial charge in [0.15, 0.2) is 0 Å². The van der Waals surface area contributed by atoms with E-state index in [9.17, 15) is 39.9 Å². The second-order valence-corrected chi connectivity index (χ2v) is 7.37. The Morgan fingerprint density at radius 1 is 1.15 bits per heavy atom. The molecule has 34 heavy (non-hydrogen) atoms. The topological polar surface area (TPSA) is 77.2 Å². The van der Waals surface area contributed by atoms with Crippen molar-refractivity contribution in [2.45, 2.75) is 25.9 Å². The smallest absolute Gasteiger partial charge is 0.451 e. The number of carbonyl (C=O) groups is 1. The average molecular weight is 513 g/mol. The van der Waals surface area contributed by atoms with Crippen LogP contribution in [-0.2, 0) is 12.6 Å². The molecule has 0 saturated carbocycles. The van der Waals surface area contributed by atoms with E-state index >= 15 is 0 Å². The Kier molecular flexibility index (Phi) is 6.95. The molecule has 0 saturated heterocycles. The summed E-state index contributed by atoms with van der Waals surface area (Å²) in [4.78, 5) is 16.3. The van der Waals surface area contributed by atoms with Crippen LogP contribution in [-0.4, -0.2) is 21.6 Å². The molecule has 0 atom stereocenters. The van der Waals surface area contributed by atoms with Crippen LogP contribution in [0.25, 0.3) is 11.3 Å². The van der Waals surface area contributed by atoms with E-state index in [1.54, 1.807) is 0 Å². The van der Waals surface area contributed by atoms with Crippen molar-refractivity contribution in [2.24, 2.45) is 0 Å². The molecular weight excluding hydrogens is 502 g/mol. The van der Waals surface area contributed by atoms with Gasteiger partial charge in [0.05, 0.1) is 5.56 Å². The van der Waals surface area contributed by atoms with E-state index in [2.05, 4.69) is 19.4 Å². The van der Waals surface area contributed by atoms with Gasteiger partial charge in [-0.3, -0.25) is 10.1 Å². The van der Waals surface area contributed by atoms with Crippen molar-refractivity contribution in [1.29, 1.82) is 0 Å². The Morgan fingerprint density at radius 2 is 1.85 bits per heavy atom. The number of hydrogen-bond acceptors (Lipinski definition) is 6. The lowest BCUT2D eigenvalue weighted by atomic mass is 10.1. The molecule has 1 amide bonds. The molecule has 0 radical (unpaired) electrons. The van der Waals surface area contributed by atoms with Crippen LogP contribution in [0, 0.1) is 0 Å². The lowest BCUT2D eigenvalue weighted by Crippen LogP contribution is -2.17. The maximum Gasteiger partial charge on any atom is 0.573 e. The van der Waals surface area contributed by atoms with E-state index in [0.29, 0.717) is 17.6 Å². The number of aromatic nitrogens is 2. The van der Waals surface area contributed by atoms with Crippen molar-refractivity contribution in [1.82, 2.24) is 9.36 Å². The molecule has 2 heterocycles. The SMILES string of the molecule is CC(Cc1nsc(NC(=O)c2cc(-c3cccc(OC(F)(F)F)c3)oc2C(F)(F)F)n1)=C(F)F. The molecule has 0 bridgehead atoms. The first-order valence-electron chi connectivity index (χ1n) is 8.95. The van der Waals surface area contributed by atoms with E-state index in [1.165, 1.54) is 0 Å². The third-order valence-electron chi connectivity index (χ3n) is 4.02. The first-order valence-corrected chi connectivity index (χ1v) is 9.72. The summed E-state index contributed by atoms with van der Waals surface area (Å²) in [6.45, 7) is 1.13. The molecule has 6 nitrogen and oxygen atoms in total. The number of nitrogens with zero attached hydrogens (tertiary/aromatic N) is 2. The van der Waals surface area contributed by atoms with Gasteiger partial charge in [0.1, 0.15) is 17.3 Å². The van der Waals surface area contributed by atoms with E-state index in [4.69, 9.17) is 4.42 Å². The standard InChI is InChI=1S/C19H11F8N3O3S/c1-8(15(20)21)5-13-28-17(34-30-13)29-16(31)11-7-12(32-14(11)18(22,23)24)9-3-2-4-10(6-9)33-19(25,26)27/h2-4,6-7H,5H2,1H3,(H,28,29,30,31). The van der Waals surface area contributed by atoms with Gasteiger partial charge < -0.3 is 9.15 Å².